The van der Waals surface area contributed by atoms with Gasteiger partial charge in [0.1, 0.15) is 0 Å². The first-order valence-corrected chi connectivity index (χ1v) is 8.07. The molecular formula is C15H26F3N3O. The monoisotopic (exact) mass is 321 g/mol. The zero-order valence-corrected chi connectivity index (χ0v) is 13.1. The normalized spacial score (nSPS) is 25.4. The number of hydrogen-bond acceptors (Lipinski definition) is 2. The highest BCUT2D eigenvalue weighted by molar-refractivity contribution is 5.73. The van der Waals surface area contributed by atoms with Crippen molar-refractivity contribution < 1.29 is 18.0 Å². The van der Waals surface area contributed by atoms with E-state index in [1.165, 1.54) is 17.7 Å². The molecule has 0 radical (unpaired) electrons. The molecule has 2 N–H and O–H groups in total. The molecule has 2 amide bonds. The molecular weight excluding hydrogens is 295 g/mol. The molecule has 0 aromatic rings. The fourth-order valence-electron chi connectivity index (χ4n) is 3.48. The summed E-state index contributed by atoms with van der Waals surface area (Å²) < 4.78 is 36.9. The van der Waals surface area contributed by atoms with Gasteiger partial charge in [-0.1, -0.05) is 19.8 Å². The summed E-state index contributed by atoms with van der Waals surface area (Å²) in [6.07, 6.45) is 1.28. The number of urea groups is 1. The summed E-state index contributed by atoms with van der Waals surface area (Å²) in [7, 11) is 0. The zero-order valence-electron chi connectivity index (χ0n) is 13.1. The van der Waals surface area contributed by atoms with E-state index < -0.39 is 12.7 Å². The second kappa shape index (κ2) is 7.06. The highest BCUT2D eigenvalue weighted by Gasteiger charge is 2.34. The Morgan fingerprint density at radius 2 is 1.95 bits per heavy atom. The lowest BCUT2D eigenvalue weighted by Gasteiger charge is -2.24. The van der Waals surface area contributed by atoms with Crippen LogP contribution in [-0.4, -0.2) is 49.8 Å². The molecule has 2 rings (SSSR count). The Kier molecular flexibility index (Phi) is 5.58. The van der Waals surface area contributed by atoms with Crippen LogP contribution >= 0.6 is 0 Å². The maximum Gasteiger partial charge on any atom is 0.401 e. The molecule has 2 aliphatic rings. The lowest BCUT2D eigenvalue weighted by molar-refractivity contribution is -0.143. The number of carbonyl (C=O) groups excluding carboxylic acids is 1. The molecule has 0 aromatic carbocycles. The number of amides is 2. The van der Waals surface area contributed by atoms with Gasteiger partial charge in [0.25, 0.3) is 0 Å². The van der Waals surface area contributed by atoms with Crippen LogP contribution in [0.5, 0.6) is 0 Å². The van der Waals surface area contributed by atoms with Crippen molar-refractivity contribution in [2.24, 2.45) is 11.3 Å². The predicted molar refractivity (Wildman–Crippen MR) is 78.6 cm³/mol. The standard InChI is InChI=1S/C15H26F3N3O/c1-14(5-2-3-6-14)10-20-13(22)19-8-12-4-7-21(9-12)11-15(16,17)18/h12H,2-11H2,1H3,(H2,19,20,22)/t12-/m0/s1. The van der Waals surface area contributed by atoms with Crippen LogP contribution in [0.1, 0.15) is 39.0 Å². The quantitative estimate of drug-likeness (QED) is 0.818. The van der Waals surface area contributed by atoms with E-state index >= 15 is 0 Å². The summed E-state index contributed by atoms with van der Waals surface area (Å²) in [4.78, 5) is 13.2. The Balaban J connectivity index is 1.61. The van der Waals surface area contributed by atoms with E-state index in [9.17, 15) is 18.0 Å². The van der Waals surface area contributed by atoms with Gasteiger partial charge in [0, 0.05) is 19.6 Å². The predicted octanol–water partition coefficient (Wildman–Crippen LogP) is 2.75. The fraction of sp³-hybridized carbons (Fsp3) is 0.933. The van der Waals surface area contributed by atoms with Crippen LogP contribution in [-0.2, 0) is 0 Å². The molecule has 1 saturated carbocycles. The molecule has 4 nitrogen and oxygen atoms in total. The number of nitrogens with zero attached hydrogens (tertiary/aromatic N) is 1. The number of nitrogens with one attached hydrogen (secondary N) is 2. The molecule has 2 fully saturated rings. The van der Waals surface area contributed by atoms with Crippen LogP contribution in [0.2, 0.25) is 0 Å². The van der Waals surface area contributed by atoms with Crippen LogP contribution in [0.15, 0.2) is 0 Å². The average molecular weight is 321 g/mol. The van der Waals surface area contributed by atoms with Gasteiger partial charge in [-0.25, -0.2) is 4.79 Å². The minimum atomic E-state index is -4.14. The summed E-state index contributed by atoms with van der Waals surface area (Å²) in [5.41, 5.74) is 0.203. The lowest BCUT2D eigenvalue weighted by Crippen LogP contribution is -2.43. The first-order chi connectivity index (χ1) is 10.3. The topological polar surface area (TPSA) is 44.4 Å². The Labute approximate surface area is 129 Å². The third-order valence-electron chi connectivity index (χ3n) is 4.81. The van der Waals surface area contributed by atoms with Crippen molar-refractivity contribution in [3.8, 4) is 0 Å². The number of hydrogen-bond donors (Lipinski definition) is 2. The molecule has 22 heavy (non-hydrogen) atoms. The van der Waals surface area contributed by atoms with Gasteiger partial charge >= 0.3 is 12.2 Å². The Bertz CT molecular complexity index is 381. The van der Waals surface area contributed by atoms with Crippen LogP contribution in [0.4, 0.5) is 18.0 Å². The molecule has 1 aliphatic heterocycles. The Morgan fingerprint density at radius 1 is 1.27 bits per heavy atom. The zero-order chi connectivity index (χ0) is 16.2. The van der Waals surface area contributed by atoms with E-state index in [-0.39, 0.29) is 17.4 Å². The molecule has 128 valence electrons. The van der Waals surface area contributed by atoms with Crippen molar-refractivity contribution in [2.45, 2.75) is 45.2 Å². The Morgan fingerprint density at radius 3 is 2.59 bits per heavy atom. The van der Waals surface area contributed by atoms with Gasteiger partial charge in [-0.3, -0.25) is 4.90 Å². The van der Waals surface area contributed by atoms with Crippen molar-refractivity contribution in [2.75, 3.05) is 32.7 Å². The first-order valence-electron chi connectivity index (χ1n) is 8.07. The maximum absolute atomic E-state index is 12.3. The van der Waals surface area contributed by atoms with Crippen molar-refractivity contribution in [3.63, 3.8) is 0 Å². The second-order valence-corrected chi connectivity index (χ2v) is 7.09. The lowest BCUT2D eigenvalue weighted by atomic mass is 9.89. The van der Waals surface area contributed by atoms with E-state index in [1.807, 2.05) is 0 Å². The second-order valence-electron chi connectivity index (χ2n) is 7.09. The van der Waals surface area contributed by atoms with Crippen molar-refractivity contribution in [1.29, 1.82) is 0 Å². The SMILES string of the molecule is CC1(CNC(=O)NC[C@@H]2CCN(CC(F)(F)F)C2)CCCC1. The number of rotatable bonds is 5. The molecule has 0 bridgehead atoms. The third kappa shape index (κ3) is 5.66. The largest absolute Gasteiger partial charge is 0.401 e. The van der Waals surface area contributed by atoms with Crippen LogP contribution in [0, 0.1) is 11.3 Å². The summed E-state index contributed by atoms with van der Waals surface area (Å²) in [6, 6.07) is -0.206. The van der Waals surface area contributed by atoms with Gasteiger partial charge in [-0.15, -0.1) is 0 Å². The molecule has 0 unspecified atom stereocenters. The van der Waals surface area contributed by atoms with Gasteiger partial charge in [0.2, 0.25) is 0 Å². The number of halogens is 3. The van der Waals surface area contributed by atoms with Crippen molar-refractivity contribution >= 4 is 6.03 Å². The van der Waals surface area contributed by atoms with Crippen LogP contribution < -0.4 is 10.6 Å². The van der Waals surface area contributed by atoms with E-state index in [0.29, 0.717) is 32.6 Å². The van der Waals surface area contributed by atoms with Crippen molar-refractivity contribution in [1.82, 2.24) is 15.5 Å². The number of alkyl halides is 3. The van der Waals surface area contributed by atoms with Gasteiger partial charge in [-0.05, 0) is 37.1 Å². The number of likely N-dealkylation sites (tertiary alicyclic amines) is 1. The number of carbonyl (C=O) groups is 1. The molecule has 1 heterocycles. The fourth-order valence-corrected chi connectivity index (χ4v) is 3.48. The van der Waals surface area contributed by atoms with E-state index in [4.69, 9.17) is 0 Å². The van der Waals surface area contributed by atoms with Gasteiger partial charge in [0.05, 0.1) is 6.54 Å². The summed E-state index contributed by atoms with van der Waals surface area (Å²) in [5.74, 6) is 0.107. The molecule has 1 atom stereocenters. The first kappa shape index (κ1) is 17.4. The molecule has 1 aliphatic carbocycles. The molecule has 0 aromatic heterocycles. The van der Waals surface area contributed by atoms with Gasteiger partial charge in [0.15, 0.2) is 0 Å². The highest BCUT2D eigenvalue weighted by atomic mass is 19.4. The minimum absolute atomic E-state index is 0.107. The minimum Gasteiger partial charge on any atom is -0.338 e. The average Bonchev–Trinajstić information content (AvgIpc) is 3.02. The molecule has 7 heteroatoms. The van der Waals surface area contributed by atoms with Crippen LogP contribution in [0.25, 0.3) is 0 Å². The summed E-state index contributed by atoms with van der Waals surface area (Å²) in [5, 5.41) is 5.69. The third-order valence-corrected chi connectivity index (χ3v) is 4.81. The molecule has 1 saturated heterocycles. The van der Waals surface area contributed by atoms with Gasteiger partial charge in [-0.2, -0.15) is 13.2 Å². The maximum atomic E-state index is 12.3. The smallest absolute Gasteiger partial charge is 0.338 e. The van der Waals surface area contributed by atoms with E-state index in [0.717, 1.165) is 12.8 Å². The molecule has 0 spiro atoms. The van der Waals surface area contributed by atoms with Crippen molar-refractivity contribution in [3.05, 3.63) is 0 Å². The summed E-state index contributed by atoms with van der Waals surface area (Å²) in [6.45, 7) is 3.30. The Hall–Kier alpha value is -0.980. The highest BCUT2D eigenvalue weighted by Crippen LogP contribution is 2.36. The summed E-state index contributed by atoms with van der Waals surface area (Å²) >= 11 is 0. The van der Waals surface area contributed by atoms with Crippen LogP contribution in [0.3, 0.4) is 0 Å². The van der Waals surface area contributed by atoms with E-state index in [2.05, 4.69) is 17.6 Å². The van der Waals surface area contributed by atoms with E-state index in [1.54, 1.807) is 0 Å². The van der Waals surface area contributed by atoms with Gasteiger partial charge < -0.3 is 10.6 Å².